The zero-order chi connectivity index (χ0) is 15.6. The van der Waals surface area contributed by atoms with Gasteiger partial charge in [0.15, 0.2) is 0 Å². The number of anilines is 3. The van der Waals surface area contributed by atoms with E-state index in [1.165, 1.54) is 12.1 Å². The Labute approximate surface area is 128 Å². The highest BCUT2D eigenvalue weighted by atomic mass is 35.5. The van der Waals surface area contributed by atoms with Gasteiger partial charge in [-0.3, -0.25) is 0 Å². The van der Waals surface area contributed by atoms with Crippen molar-refractivity contribution in [3.63, 3.8) is 0 Å². The zero-order valence-electron chi connectivity index (χ0n) is 12.5. The lowest BCUT2D eigenvalue weighted by Gasteiger charge is -2.21. The van der Waals surface area contributed by atoms with E-state index in [1.54, 1.807) is 12.1 Å². The third-order valence-electron chi connectivity index (χ3n) is 2.53. The minimum Gasteiger partial charge on any atom is -0.365 e. The monoisotopic (exact) mass is 308 g/mol. The quantitative estimate of drug-likeness (QED) is 0.874. The zero-order valence-corrected chi connectivity index (χ0v) is 13.2. The largest absolute Gasteiger partial charge is 0.365 e. The Bertz CT molecular complexity index is 653. The molecule has 0 aliphatic heterocycles. The lowest BCUT2D eigenvalue weighted by atomic mass is 10.1. The first-order chi connectivity index (χ1) is 9.73. The molecule has 0 saturated heterocycles. The molecule has 1 aromatic carbocycles. The molecule has 0 bridgehead atoms. The molecule has 0 saturated carbocycles. The predicted molar refractivity (Wildman–Crippen MR) is 84.8 cm³/mol. The molecule has 0 spiro atoms. The summed E-state index contributed by atoms with van der Waals surface area (Å²) < 4.78 is 13.2. The molecule has 112 valence electrons. The summed E-state index contributed by atoms with van der Waals surface area (Å²) in [5, 5.41) is 6.46. The summed E-state index contributed by atoms with van der Waals surface area (Å²) in [7, 11) is 0. The maximum absolute atomic E-state index is 13.2. The van der Waals surface area contributed by atoms with Crippen molar-refractivity contribution < 1.29 is 4.39 Å². The van der Waals surface area contributed by atoms with Crippen LogP contribution in [0.25, 0.3) is 0 Å². The Hall–Kier alpha value is -1.88. The number of hydrogen-bond donors (Lipinski definition) is 2. The van der Waals surface area contributed by atoms with Gasteiger partial charge in [0.1, 0.15) is 23.3 Å². The van der Waals surface area contributed by atoms with Crippen LogP contribution in [0.1, 0.15) is 26.6 Å². The second kappa shape index (κ2) is 5.85. The number of hydrogen-bond acceptors (Lipinski definition) is 4. The van der Waals surface area contributed by atoms with Crippen molar-refractivity contribution in [3.05, 3.63) is 40.9 Å². The summed E-state index contributed by atoms with van der Waals surface area (Å²) in [4.78, 5) is 8.66. The molecule has 4 nitrogen and oxygen atoms in total. The van der Waals surface area contributed by atoms with Crippen molar-refractivity contribution in [2.75, 3.05) is 10.6 Å². The van der Waals surface area contributed by atoms with Crippen molar-refractivity contribution in [1.29, 1.82) is 0 Å². The summed E-state index contributed by atoms with van der Waals surface area (Å²) in [6.07, 6.45) is 0. The molecular formula is C15H18ClFN4. The molecule has 0 atom stereocenters. The molecule has 0 aliphatic rings. The smallest absolute Gasteiger partial charge is 0.141 e. The van der Waals surface area contributed by atoms with Crippen LogP contribution < -0.4 is 10.6 Å². The average molecular weight is 309 g/mol. The maximum Gasteiger partial charge on any atom is 0.141 e. The molecule has 6 heteroatoms. The van der Waals surface area contributed by atoms with Gasteiger partial charge in [-0.1, -0.05) is 11.6 Å². The summed E-state index contributed by atoms with van der Waals surface area (Å²) in [6, 6.07) is 6.24. The molecule has 0 fully saturated rings. The Morgan fingerprint density at radius 1 is 1.10 bits per heavy atom. The van der Waals surface area contributed by atoms with Crippen molar-refractivity contribution in [3.8, 4) is 0 Å². The van der Waals surface area contributed by atoms with E-state index in [1.807, 2.05) is 6.92 Å². The van der Waals surface area contributed by atoms with Crippen molar-refractivity contribution in [2.45, 2.75) is 33.2 Å². The Morgan fingerprint density at radius 2 is 1.76 bits per heavy atom. The number of nitrogens with one attached hydrogen (secondary N) is 2. The molecule has 2 N–H and O–H groups in total. The van der Waals surface area contributed by atoms with Crippen molar-refractivity contribution in [2.24, 2.45) is 0 Å². The average Bonchev–Trinajstić information content (AvgIpc) is 2.31. The summed E-state index contributed by atoms with van der Waals surface area (Å²) in [5.74, 6) is 1.54. The van der Waals surface area contributed by atoms with Gasteiger partial charge < -0.3 is 10.6 Å². The Morgan fingerprint density at radius 3 is 2.38 bits per heavy atom. The van der Waals surface area contributed by atoms with Crippen LogP contribution in [-0.2, 0) is 0 Å². The summed E-state index contributed by atoms with van der Waals surface area (Å²) >= 11 is 5.77. The van der Waals surface area contributed by atoms with Gasteiger partial charge in [-0.05, 0) is 45.9 Å². The van der Waals surface area contributed by atoms with Gasteiger partial charge in [0.05, 0.1) is 5.02 Å². The van der Waals surface area contributed by atoms with Gasteiger partial charge in [0, 0.05) is 17.3 Å². The lowest BCUT2D eigenvalue weighted by molar-refractivity contribution is 0.628. The van der Waals surface area contributed by atoms with Crippen LogP contribution in [0, 0.1) is 12.7 Å². The van der Waals surface area contributed by atoms with Crippen LogP contribution in [-0.4, -0.2) is 15.5 Å². The fourth-order valence-corrected chi connectivity index (χ4v) is 1.98. The van der Waals surface area contributed by atoms with Crippen molar-refractivity contribution >= 4 is 28.9 Å². The number of aryl methyl sites for hydroxylation is 1. The fraction of sp³-hybridized carbons (Fsp3) is 0.333. The van der Waals surface area contributed by atoms with Gasteiger partial charge in [0.25, 0.3) is 0 Å². The molecule has 0 unspecified atom stereocenters. The first kappa shape index (κ1) is 15.5. The van der Waals surface area contributed by atoms with Crippen LogP contribution in [0.4, 0.5) is 21.7 Å². The second-order valence-electron chi connectivity index (χ2n) is 5.81. The van der Waals surface area contributed by atoms with E-state index in [4.69, 9.17) is 11.6 Å². The SMILES string of the molecule is Cc1nc(Nc2ccc(F)c(Cl)c2)cc(NC(C)(C)C)n1. The van der Waals surface area contributed by atoms with Crippen LogP contribution in [0.15, 0.2) is 24.3 Å². The number of nitrogens with zero attached hydrogens (tertiary/aromatic N) is 2. The van der Waals surface area contributed by atoms with Crippen molar-refractivity contribution in [1.82, 2.24) is 9.97 Å². The highest BCUT2D eigenvalue weighted by Crippen LogP contribution is 2.23. The topological polar surface area (TPSA) is 49.8 Å². The van der Waals surface area contributed by atoms with Gasteiger partial charge in [-0.2, -0.15) is 0 Å². The minimum atomic E-state index is -0.448. The molecule has 21 heavy (non-hydrogen) atoms. The molecule has 1 aromatic heterocycles. The molecule has 1 heterocycles. The molecule has 0 aliphatic carbocycles. The second-order valence-corrected chi connectivity index (χ2v) is 6.22. The van der Waals surface area contributed by atoms with E-state index >= 15 is 0 Å². The van der Waals surface area contributed by atoms with E-state index in [2.05, 4.69) is 41.4 Å². The van der Waals surface area contributed by atoms with E-state index in [0.717, 1.165) is 5.82 Å². The van der Waals surface area contributed by atoms with Gasteiger partial charge >= 0.3 is 0 Å². The lowest BCUT2D eigenvalue weighted by Crippen LogP contribution is -2.26. The number of halogens is 2. The third kappa shape index (κ3) is 4.56. The van der Waals surface area contributed by atoms with Gasteiger partial charge in [-0.15, -0.1) is 0 Å². The van der Waals surface area contributed by atoms with Gasteiger partial charge in [0.2, 0.25) is 0 Å². The minimum absolute atomic E-state index is 0.0684. The third-order valence-corrected chi connectivity index (χ3v) is 2.82. The van der Waals surface area contributed by atoms with Crippen LogP contribution in [0.2, 0.25) is 5.02 Å². The van der Waals surface area contributed by atoms with E-state index in [0.29, 0.717) is 17.3 Å². The fourth-order valence-electron chi connectivity index (χ4n) is 1.80. The standard InChI is InChI=1S/C15H18ClFN4/c1-9-18-13(8-14(19-9)21-15(2,3)4)20-10-5-6-12(17)11(16)7-10/h5-8H,1-4H3,(H2,18,19,20,21). The van der Waals surface area contributed by atoms with E-state index in [9.17, 15) is 4.39 Å². The van der Waals surface area contributed by atoms with E-state index < -0.39 is 5.82 Å². The predicted octanol–water partition coefficient (Wildman–Crippen LogP) is 4.53. The maximum atomic E-state index is 13.2. The molecule has 0 radical (unpaired) electrons. The van der Waals surface area contributed by atoms with Crippen LogP contribution in [0.3, 0.4) is 0 Å². The molecular weight excluding hydrogens is 291 g/mol. The highest BCUT2D eigenvalue weighted by Gasteiger charge is 2.12. The first-order valence-electron chi connectivity index (χ1n) is 6.59. The Balaban J connectivity index is 2.25. The first-order valence-corrected chi connectivity index (χ1v) is 6.97. The number of aromatic nitrogens is 2. The van der Waals surface area contributed by atoms with E-state index in [-0.39, 0.29) is 10.6 Å². The highest BCUT2D eigenvalue weighted by molar-refractivity contribution is 6.31. The number of benzene rings is 1. The number of rotatable bonds is 3. The van der Waals surface area contributed by atoms with Gasteiger partial charge in [-0.25, -0.2) is 14.4 Å². The normalized spacial score (nSPS) is 11.3. The Kier molecular flexibility index (Phi) is 4.32. The molecule has 0 amide bonds. The van der Waals surface area contributed by atoms with Crippen LogP contribution >= 0.6 is 11.6 Å². The molecule has 2 rings (SSSR count). The summed E-state index contributed by atoms with van der Waals surface area (Å²) in [5.41, 5.74) is 0.568. The summed E-state index contributed by atoms with van der Waals surface area (Å²) in [6.45, 7) is 7.97. The van der Waals surface area contributed by atoms with Crippen LogP contribution in [0.5, 0.6) is 0 Å². The molecule has 2 aromatic rings.